The Morgan fingerprint density at radius 1 is 1.50 bits per heavy atom. The van der Waals surface area contributed by atoms with Crippen LogP contribution in [0.25, 0.3) is 0 Å². The maximum absolute atomic E-state index is 4.52. The van der Waals surface area contributed by atoms with E-state index >= 15 is 0 Å². The van der Waals surface area contributed by atoms with E-state index in [-0.39, 0.29) is 0 Å². The van der Waals surface area contributed by atoms with Gasteiger partial charge in [0.1, 0.15) is 0 Å². The molecule has 2 aliphatic rings. The molecule has 2 rings (SSSR count). The van der Waals surface area contributed by atoms with Gasteiger partial charge in [-0.2, -0.15) is 0 Å². The molecule has 54 valence electrons. The van der Waals surface area contributed by atoms with E-state index in [9.17, 15) is 0 Å². The first-order valence-electron chi connectivity index (χ1n) is 4.17. The molecule has 1 heterocycles. The van der Waals surface area contributed by atoms with E-state index in [4.69, 9.17) is 0 Å². The summed E-state index contributed by atoms with van der Waals surface area (Å²) in [5, 5.41) is 0. The van der Waals surface area contributed by atoms with Gasteiger partial charge in [0.2, 0.25) is 0 Å². The Bertz CT molecular complexity index is 179. The summed E-state index contributed by atoms with van der Waals surface area (Å²) in [4.78, 5) is 4.52. The molecule has 0 fully saturated rings. The highest BCUT2D eigenvalue weighted by Gasteiger charge is 2.17. The van der Waals surface area contributed by atoms with Crippen LogP contribution in [0.3, 0.4) is 0 Å². The van der Waals surface area contributed by atoms with Crippen molar-refractivity contribution in [2.45, 2.75) is 25.7 Å². The lowest BCUT2D eigenvalue weighted by Crippen LogP contribution is -2.19. The maximum atomic E-state index is 4.52. The summed E-state index contributed by atoms with van der Waals surface area (Å²) < 4.78 is 0. The molecule has 0 bridgehead atoms. The molecule has 0 aromatic carbocycles. The van der Waals surface area contributed by atoms with Crippen molar-refractivity contribution >= 4 is 5.71 Å². The van der Waals surface area contributed by atoms with E-state index in [1.807, 2.05) is 0 Å². The molecule has 0 radical (unpaired) electrons. The van der Waals surface area contributed by atoms with E-state index in [0.29, 0.717) is 0 Å². The van der Waals surface area contributed by atoms with Crippen LogP contribution < -0.4 is 0 Å². The molecule has 1 aliphatic carbocycles. The van der Waals surface area contributed by atoms with Crippen molar-refractivity contribution in [1.29, 1.82) is 0 Å². The predicted octanol–water partition coefficient (Wildman–Crippen LogP) is 2.19. The summed E-state index contributed by atoms with van der Waals surface area (Å²) >= 11 is 0. The normalized spacial score (nSPS) is 31.2. The van der Waals surface area contributed by atoms with Crippen LogP contribution in [-0.2, 0) is 0 Å². The summed E-state index contributed by atoms with van der Waals surface area (Å²) in [6, 6.07) is 0. The minimum atomic E-state index is 0.725. The Morgan fingerprint density at radius 3 is 3.40 bits per heavy atom. The zero-order valence-corrected chi connectivity index (χ0v) is 6.21. The smallest absolute Gasteiger partial charge is 0.0389 e. The fourth-order valence-electron chi connectivity index (χ4n) is 1.78. The summed E-state index contributed by atoms with van der Waals surface area (Å²) in [5.41, 5.74) is 1.47. The Morgan fingerprint density at radius 2 is 2.50 bits per heavy atom. The predicted molar refractivity (Wildman–Crippen MR) is 43.4 cm³/mol. The number of hydrogen-bond donors (Lipinski definition) is 0. The van der Waals surface area contributed by atoms with Gasteiger partial charge in [0.25, 0.3) is 0 Å². The van der Waals surface area contributed by atoms with E-state index in [0.717, 1.165) is 12.5 Å². The summed E-state index contributed by atoms with van der Waals surface area (Å²) in [5.74, 6) is 0.725. The molecular formula is C9H13N. The third-order valence-electron chi connectivity index (χ3n) is 2.35. The molecule has 1 unspecified atom stereocenters. The second-order valence-corrected chi connectivity index (χ2v) is 3.09. The first-order valence-corrected chi connectivity index (χ1v) is 4.17. The molecular weight excluding hydrogens is 122 g/mol. The zero-order chi connectivity index (χ0) is 6.81. The van der Waals surface area contributed by atoms with Crippen LogP contribution in [0.15, 0.2) is 17.1 Å². The minimum Gasteiger partial charge on any atom is -0.294 e. The van der Waals surface area contributed by atoms with Crippen LogP contribution in [0, 0.1) is 5.92 Å². The standard InChI is InChI=1S/C9H13N/c1-2-6-9-8(4-1)5-3-7-10-9/h1,4,8H,2-3,5-7H2. The number of rotatable bonds is 0. The van der Waals surface area contributed by atoms with Gasteiger partial charge in [-0.05, 0) is 25.7 Å². The van der Waals surface area contributed by atoms with Crippen LogP contribution in [0.4, 0.5) is 0 Å². The summed E-state index contributed by atoms with van der Waals surface area (Å²) in [7, 11) is 0. The third kappa shape index (κ3) is 1.00. The first-order chi connectivity index (χ1) is 4.97. The number of fused-ring (bicyclic) bond motifs is 1. The molecule has 0 amide bonds. The number of allylic oxidation sites excluding steroid dienone is 2. The molecule has 0 saturated heterocycles. The average molecular weight is 135 g/mol. The zero-order valence-electron chi connectivity index (χ0n) is 6.21. The molecule has 0 aromatic heterocycles. The van der Waals surface area contributed by atoms with Crippen molar-refractivity contribution in [2.24, 2.45) is 10.9 Å². The summed E-state index contributed by atoms with van der Waals surface area (Å²) in [6.07, 6.45) is 9.71. The van der Waals surface area contributed by atoms with Crippen molar-refractivity contribution < 1.29 is 0 Å². The Hall–Kier alpha value is -0.590. The highest BCUT2D eigenvalue weighted by atomic mass is 14.8. The molecule has 0 spiro atoms. The van der Waals surface area contributed by atoms with Crippen molar-refractivity contribution in [1.82, 2.24) is 0 Å². The van der Waals surface area contributed by atoms with Crippen LogP contribution in [0.5, 0.6) is 0 Å². The number of hydrogen-bond acceptors (Lipinski definition) is 1. The van der Waals surface area contributed by atoms with Crippen LogP contribution in [0.2, 0.25) is 0 Å². The molecule has 1 aliphatic heterocycles. The maximum Gasteiger partial charge on any atom is 0.0389 e. The van der Waals surface area contributed by atoms with Gasteiger partial charge in [0, 0.05) is 18.2 Å². The van der Waals surface area contributed by atoms with E-state index < -0.39 is 0 Å². The third-order valence-corrected chi connectivity index (χ3v) is 2.35. The van der Waals surface area contributed by atoms with Gasteiger partial charge in [-0.25, -0.2) is 0 Å². The van der Waals surface area contributed by atoms with Crippen molar-refractivity contribution in [3.05, 3.63) is 12.2 Å². The second-order valence-electron chi connectivity index (χ2n) is 3.09. The van der Waals surface area contributed by atoms with Gasteiger partial charge in [-0.3, -0.25) is 4.99 Å². The quantitative estimate of drug-likeness (QED) is 0.451. The van der Waals surface area contributed by atoms with Crippen molar-refractivity contribution in [3.63, 3.8) is 0 Å². The summed E-state index contributed by atoms with van der Waals surface area (Å²) in [6.45, 7) is 1.08. The van der Waals surface area contributed by atoms with Crippen molar-refractivity contribution in [3.8, 4) is 0 Å². The Kier molecular flexibility index (Phi) is 1.58. The first kappa shape index (κ1) is 6.14. The molecule has 10 heavy (non-hydrogen) atoms. The van der Waals surface area contributed by atoms with Crippen LogP contribution in [-0.4, -0.2) is 12.3 Å². The second kappa shape index (κ2) is 2.57. The van der Waals surface area contributed by atoms with Gasteiger partial charge in [0.15, 0.2) is 0 Å². The van der Waals surface area contributed by atoms with E-state index in [1.165, 1.54) is 31.4 Å². The molecule has 0 aromatic rings. The van der Waals surface area contributed by atoms with Gasteiger partial charge in [0.05, 0.1) is 0 Å². The van der Waals surface area contributed by atoms with Gasteiger partial charge in [-0.1, -0.05) is 12.2 Å². The number of aliphatic imine (C=N–C) groups is 1. The van der Waals surface area contributed by atoms with E-state index in [1.54, 1.807) is 0 Å². The lowest BCUT2D eigenvalue weighted by molar-refractivity contribution is 0.628. The highest BCUT2D eigenvalue weighted by Crippen LogP contribution is 2.22. The minimum absolute atomic E-state index is 0.725. The molecule has 1 nitrogen and oxygen atoms in total. The molecule has 0 saturated carbocycles. The molecule has 1 atom stereocenters. The monoisotopic (exact) mass is 135 g/mol. The van der Waals surface area contributed by atoms with Crippen LogP contribution in [0.1, 0.15) is 25.7 Å². The lowest BCUT2D eigenvalue weighted by atomic mass is 9.88. The average Bonchev–Trinajstić information content (AvgIpc) is 2.05. The fourth-order valence-corrected chi connectivity index (χ4v) is 1.78. The molecule has 0 N–H and O–H groups in total. The highest BCUT2D eigenvalue weighted by molar-refractivity contribution is 5.89. The molecule has 1 heteroatoms. The number of nitrogens with zero attached hydrogens (tertiary/aromatic N) is 1. The van der Waals surface area contributed by atoms with Crippen molar-refractivity contribution in [2.75, 3.05) is 6.54 Å². The van der Waals surface area contributed by atoms with Gasteiger partial charge < -0.3 is 0 Å². The topological polar surface area (TPSA) is 12.4 Å². The fraction of sp³-hybridized carbons (Fsp3) is 0.667. The van der Waals surface area contributed by atoms with E-state index in [2.05, 4.69) is 17.1 Å². The Balaban J connectivity index is 2.20. The largest absolute Gasteiger partial charge is 0.294 e. The Labute approximate surface area is 61.9 Å². The SMILES string of the molecule is C1=CC2CCCN=C2CC1. The van der Waals surface area contributed by atoms with Crippen LogP contribution >= 0.6 is 0 Å². The van der Waals surface area contributed by atoms with Gasteiger partial charge in [-0.15, -0.1) is 0 Å². The lowest BCUT2D eigenvalue weighted by Gasteiger charge is -2.22. The van der Waals surface area contributed by atoms with Gasteiger partial charge >= 0.3 is 0 Å².